The van der Waals surface area contributed by atoms with Gasteiger partial charge in [-0.2, -0.15) is 0 Å². The molecular formula is C17H26N2O. The number of carbonyl (C=O) groups is 1. The van der Waals surface area contributed by atoms with Crippen molar-refractivity contribution < 1.29 is 4.79 Å². The lowest BCUT2D eigenvalue weighted by Crippen LogP contribution is -2.40. The Morgan fingerprint density at radius 1 is 1.30 bits per heavy atom. The Balaban J connectivity index is 2.07. The van der Waals surface area contributed by atoms with Gasteiger partial charge in [0.25, 0.3) is 5.91 Å². The summed E-state index contributed by atoms with van der Waals surface area (Å²) in [5.74, 6) is 0.847. The van der Waals surface area contributed by atoms with E-state index in [1.54, 1.807) is 0 Å². The minimum atomic E-state index is 0.198. The van der Waals surface area contributed by atoms with Crippen LogP contribution in [0.15, 0.2) is 24.3 Å². The second-order valence-electron chi connectivity index (χ2n) is 5.76. The van der Waals surface area contributed by atoms with Crippen molar-refractivity contribution in [3.8, 4) is 0 Å². The van der Waals surface area contributed by atoms with Crippen molar-refractivity contribution in [1.82, 2.24) is 10.2 Å². The normalized spacial score (nSPS) is 16.1. The van der Waals surface area contributed by atoms with E-state index in [0.29, 0.717) is 5.92 Å². The van der Waals surface area contributed by atoms with Gasteiger partial charge in [0, 0.05) is 18.7 Å². The molecule has 1 saturated heterocycles. The minimum Gasteiger partial charge on any atom is -0.338 e. The first kappa shape index (κ1) is 15.0. The van der Waals surface area contributed by atoms with Crippen molar-refractivity contribution in [2.45, 2.75) is 33.1 Å². The molecule has 3 heteroatoms. The lowest BCUT2D eigenvalue weighted by Gasteiger charge is -2.30. The minimum absolute atomic E-state index is 0.198. The van der Waals surface area contributed by atoms with E-state index < -0.39 is 0 Å². The number of rotatable bonds is 5. The molecule has 0 saturated carbocycles. The van der Waals surface area contributed by atoms with Crippen LogP contribution >= 0.6 is 0 Å². The van der Waals surface area contributed by atoms with Crippen molar-refractivity contribution in [3.05, 3.63) is 35.4 Å². The van der Waals surface area contributed by atoms with Crippen molar-refractivity contribution in [1.29, 1.82) is 0 Å². The summed E-state index contributed by atoms with van der Waals surface area (Å²) in [4.78, 5) is 14.8. The molecule has 0 aromatic heterocycles. The molecule has 1 aromatic rings. The maximum absolute atomic E-state index is 12.7. The molecule has 0 spiro atoms. The monoisotopic (exact) mass is 274 g/mol. The number of piperidine rings is 1. The zero-order valence-corrected chi connectivity index (χ0v) is 12.7. The predicted octanol–water partition coefficient (Wildman–Crippen LogP) is 2.85. The van der Waals surface area contributed by atoms with Gasteiger partial charge in [0.15, 0.2) is 0 Å². The highest BCUT2D eigenvalue weighted by Crippen LogP contribution is 2.17. The summed E-state index contributed by atoms with van der Waals surface area (Å²) in [6.07, 6.45) is 3.38. The molecule has 1 aliphatic heterocycles. The standard InChI is InChI=1S/C17H26N2O/c1-3-12-19(13-15-8-10-18-11-9-15)17(20)16-7-5-4-6-14(16)2/h4-7,15,18H,3,8-13H2,1-2H3. The zero-order valence-electron chi connectivity index (χ0n) is 12.7. The maximum atomic E-state index is 12.7. The number of benzene rings is 1. The topological polar surface area (TPSA) is 32.3 Å². The highest BCUT2D eigenvalue weighted by molar-refractivity contribution is 5.95. The third-order valence-corrected chi connectivity index (χ3v) is 4.09. The molecule has 3 nitrogen and oxygen atoms in total. The van der Waals surface area contributed by atoms with Gasteiger partial charge in [0.2, 0.25) is 0 Å². The van der Waals surface area contributed by atoms with Crippen LogP contribution in [0.1, 0.15) is 42.1 Å². The number of aryl methyl sites for hydroxylation is 1. The lowest BCUT2D eigenvalue weighted by molar-refractivity contribution is 0.0715. The molecule has 1 heterocycles. The SMILES string of the molecule is CCCN(CC1CCNCC1)C(=O)c1ccccc1C. The van der Waals surface area contributed by atoms with Gasteiger partial charge < -0.3 is 10.2 Å². The molecule has 0 radical (unpaired) electrons. The van der Waals surface area contributed by atoms with E-state index >= 15 is 0 Å². The number of carbonyl (C=O) groups excluding carboxylic acids is 1. The molecule has 1 N–H and O–H groups in total. The van der Waals surface area contributed by atoms with Gasteiger partial charge in [0.05, 0.1) is 0 Å². The van der Waals surface area contributed by atoms with E-state index in [0.717, 1.165) is 43.7 Å². The molecule has 2 rings (SSSR count). The molecule has 20 heavy (non-hydrogen) atoms. The average Bonchev–Trinajstić information content (AvgIpc) is 2.48. The average molecular weight is 274 g/mol. The number of nitrogens with zero attached hydrogens (tertiary/aromatic N) is 1. The van der Waals surface area contributed by atoms with E-state index in [9.17, 15) is 4.79 Å². The zero-order chi connectivity index (χ0) is 14.4. The molecule has 1 aliphatic rings. The fourth-order valence-electron chi connectivity index (χ4n) is 2.90. The van der Waals surface area contributed by atoms with Gasteiger partial charge in [0.1, 0.15) is 0 Å². The molecule has 1 fully saturated rings. The number of hydrogen-bond acceptors (Lipinski definition) is 2. The molecular weight excluding hydrogens is 248 g/mol. The lowest BCUT2D eigenvalue weighted by atomic mass is 9.97. The number of nitrogens with one attached hydrogen (secondary N) is 1. The van der Waals surface area contributed by atoms with E-state index in [1.165, 1.54) is 12.8 Å². The van der Waals surface area contributed by atoms with Crippen LogP contribution < -0.4 is 5.32 Å². The first-order chi connectivity index (χ1) is 9.72. The Morgan fingerprint density at radius 3 is 2.65 bits per heavy atom. The fourth-order valence-corrected chi connectivity index (χ4v) is 2.90. The Kier molecular flexibility index (Phi) is 5.60. The fraction of sp³-hybridized carbons (Fsp3) is 0.588. The second kappa shape index (κ2) is 7.44. The Hall–Kier alpha value is -1.35. The van der Waals surface area contributed by atoms with Crippen molar-refractivity contribution in [2.75, 3.05) is 26.2 Å². The molecule has 0 bridgehead atoms. The van der Waals surface area contributed by atoms with Crippen molar-refractivity contribution >= 4 is 5.91 Å². The summed E-state index contributed by atoms with van der Waals surface area (Å²) in [7, 11) is 0. The highest BCUT2D eigenvalue weighted by Gasteiger charge is 2.21. The first-order valence-corrected chi connectivity index (χ1v) is 7.78. The molecule has 0 unspecified atom stereocenters. The van der Waals surface area contributed by atoms with Gasteiger partial charge in [-0.25, -0.2) is 0 Å². The van der Waals surface area contributed by atoms with Crippen molar-refractivity contribution in [3.63, 3.8) is 0 Å². The molecule has 110 valence electrons. The molecule has 0 aliphatic carbocycles. The Labute approximate surface area is 122 Å². The van der Waals surface area contributed by atoms with Crippen LogP contribution in [-0.4, -0.2) is 37.0 Å². The van der Waals surface area contributed by atoms with Crippen LogP contribution in [0.3, 0.4) is 0 Å². The Morgan fingerprint density at radius 2 is 2.00 bits per heavy atom. The summed E-state index contributed by atoms with van der Waals surface area (Å²) < 4.78 is 0. The molecule has 1 aromatic carbocycles. The quantitative estimate of drug-likeness (QED) is 0.895. The summed E-state index contributed by atoms with van der Waals surface area (Å²) in [5, 5.41) is 3.39. The van der Waals surface area contributed by atoms with E-state index in [-0.39, 0.29) is 5.91 Å². The van der Waals surface area contributed by atoms with Crippen LogP contribution in [0.5, 0.6) is 0 Å². The largest absolute Gasteiger partial charge is 0.338 e. The van der Waals surface area contributed by atoms with Crippen LogP contribution in [0.25, 0.3) is 0 Å². The third kappa shape index (κ3) is 3.83. The summed E-state index contributed by atoms with van der Waals surface area (Å²) in [5.41, 5.74) is 1.93. The van der Waals surface area contributed by atoms with Crippen LogP contribution in [0.2, 0.25) is 0 Å². The van der Waals surface area contributed by atoms with Crippen molar-refractivity contribution in [2.24, 2.45) is 5.92 Å². The van der Waals surface area contributed by atoms with Crippen LogP contribution in [0, 0.1) is 12.8 Å². The van der Waals surface area contributed by atoms with Gasteiger partial charge >= 0.3 is 0 Å². The van der Waals surface area contributed by atoms with Crippen LogP contribution in [-0.2, 0) is 0 Å². The number of hydrogen-bond donors (Lipinski definition) is 1. The second-order valence-corrected chi connectivity index (χ2v) is 5.76. The summed E-state index contributed by atoms with van der Waals surface area (Å²) >= 11 is 0. The van der Waals surface area contributed by atoms with E-state index in [1.807, 2.05) is 31.2 Å². The first-order valence-electron chi connectivity index (χ1n) is 7.78. The van der Waals surface area contributed by atoms with Gasteiger partial charge in [-0.3, -0.25) is 4.79 Å². The van der Waals surface area contributed by atoms with Gasteiger partial charge in [-0.05, 0) is 56.8 Å². The van der Waals surface area contributed by atoms with E-state index in [4.69, 9.17) is 0 Å². The van der Waals surface area contributed by atoms with E-state index in [2.05, 4.69) is 17.1 Å². The van der Waals surface area contributed by atoms with Crippen LogP contribution in [0.4, 0.5) is 0 Å². The summed E-state index contributed by atoms with van der Waals surface area (Å²) in [6.45, 7) is 8.09. The summed E-state index contributed by atoms with van der Waals surface area (Å²) in [6, 6.07) is 7.91. The maximum Gasteiger partial charge on any atom is 0.254 e. The molecule has 1 amide bonds. The Bertz CT molecular complexity index is 438. The third-order valence-electron chi connectivity index (χ3n) is 4.09. The van der Waals surface area contributed by atoms with Gasteiger partial charge in [-0.15, -0.1) is 0 Å². The molecule has 0 atom stereocenters. The van der Waals surface area contributed by atoms with Gasteiger partial charge in [-0.1, -0.05) is 25.1 Å². The predicted molar refractivity (Wildman–Crippen MR) is 83.0 cm³/mol. The smallest absolute Gasteiger partial charge is 0.254 e. The number of amides is 1. The highest BCUT2D eigenvalue weighted by atomic mass is 16.2.